The molecule has 0 fully saturated rings. The van der Waals surface area contributed by atoms with Crippen molar-refractivity contribution >= 4 is 5.69 Å². The number of rotatable bonds is 1. The predicted molar refractivity (Wildman–Crippen MR) is 44.9 cm³/mol. The molecule has 1 nitrogen and oxygen atoms in total. The van der Waals surface area contributed by atoms with Gasteiger partial charge in [0.2, 0.25) is 0 Å². The maximum atomic E-state index is 3.61. The Hall–Kier alpha value is -0.980. The minimum atomic E-state index is 1.11. The Labute approximate surface area is 62.1 Å². The standard InChI is InChI=1S/C9H12N/c1-7-5-4-6-9(10-3)8(7)2/h4-6,10H,3H2,1-2H3. The van der Waals surface area contributed by atoms with E-state index in [-0.39, 0.29) is 0 Å². The van der Waals surface area contributed by atoms with E-state index in [9.17, 15) is 0 Å². The van der Waals surface area contributed by atoms with Crippen molar-refractivity contribution in [1.82, 2.24) is 0 Å². The van der Waals surface area contributed by atoms with Gasteiger partial charge in [-0.3, -0.25) is 0 Å². The summed E-state index contributed by atoms with van der Waals surface area (Å²) >= 11 is 0. The second-order valence-electron chi connectivity index (χ2n) is 2.42. The maximum Gasteiger partial charge on any atom is 0.0373 e. The third kappa shape index (κ3) is 1.13. The van der Waals surface area contributed by atoms with Crippen molar-refractivity contribution in [3.05, 3.63) is 36.4 Å². The fourth-order valence-corrected chi connectivity index (χ4v) is 0.943. The average molecular weight is 134 g/mol. The van der Waals surface area contributed by atoms with Gasteiger partial charge in [0.05, 0.1) is 0 Å². The van der Waals surface area contributed by atoms with Crippen LogP contribution in [-0.4, -0.2) is 0 Å². The van der Waals surface area contributed by atoms with Crippen molar-refractivity contribution in [2.24, 2.45) is 0 Å². The summed E-state index contributed by atoms with van der Waals surface area (Å²) in [7, 11) is 3.61. The smallest absolute Gasteiger partial charge is 0.0373 e. The first-order valence-corrected chi connectivity index (χ1v) is 3.35. The van der Waals surface area contributed by atoms with Gasteiger partial charge in [0.15, 0.2) is 0 Å². The predicted octanol–water partition coefficient (Wildman–Crippen LogP) is 2.51. The fraction of sp³-hybridized carbons (Fsp3) is 0.222. The lowest BCUT2D eigenvalue weighted by Crippen LogP contribution is -1.90. The van der Waals surface area contributed by atoms with Gasteiger partial charge in [0, 0.05) is 12.7 Å². The van der Waals surface area contributed by atoms with E-state index in [4.69, 9.17) is 0 Å². The van der Waals surface area contributed by atoms with Gasteiger partial charge in [0.1, 0.15) is 0 Å². The summed E-state index contributed by atoms with van der Waals surface area (Å²) in [6.45, 7) is 4.18. The summed E-state index contributed by atoms with van der Waals surface area (Å²) in [4.78, 5) is 0. The Morgan fingerprint density at radius 3 is 2.50 bits per heavy atom. The van der Waals surface area contributed by atoms with Crippen molar-refractivity contribution in [3.8, 4) is 0 Å². The van der Waals surface area contributed by atoms with Gasteiger partial charge in [-0.2, -0.15) is 0 Å². The van der Waals surface area contributed by atoms with Gasteiger partial charge in [-0.15, -0.1) is 0 Å². The number of aryl methyl sites for hydroxylation is 1. The van der Waals surface area contributed by atoms with Crippen LogP contribution in [0.1, 0.15) is 11.1 Å². The van der Waals surface area contributed by atoms with Crippen molar-refractivity contribution in [1.29, 1.82) is 0 Å². The summed E-state index contributed by atoms with van der Waals surface area (Å²) in [6.07, 6.45) is 0. The zero-order valence-electron chi connectivity index (χ0n) is 6.44. The SMILES string of the molecule is [CH2]Nc1cccc(C)c1C. The first kappa shape index (κ1) is 7.13. The van der Waals surface area contributed by atoms with Gasteiger partial charge in [0.25, 0.3) is 0 Å². The quantitative estimate of drug-likeness (QED) is 0.622. The van der Waals surface area contributed by atoms with E-state index < -0.39 is 0 Å². The minimum Gasteiger partial charge on any atom is -0.383 e. The van der Waals surface area contributed by atoms with E-state index in [2.05, 4.69) is 32.3 Å². The number of hydrogen-bond acceptors (Lipinski definition) is 1. The van der Waals surface area contributed by atoms with E-state index in [1.165, 1.54) is 11.1 Å². The van der Waals surface area contributed by atoms with E-state index >= 15 is 0 Å². The molecule has 1 N–H and O–H groups in total. The molecule has 0 aromatic heterocycles. The summed E-state index contributed by atoms with van der Waals surface area (Å²) in [5, 5.41) is 2.89. The molecule has 1 rings (SSSR count). The van der Waals surface area contributed by atoms with Crippen LogP contribution < -0.4 is 5.32 Å². The van der Waals surface area contributed by atoms with E-state index in [1.807, 2.05) is 12.1 Å². The van der Waals surface area contributed by atoms with Crippen LogP contribution >= 0.6 is 0 Å². The zero-order valence-corrected chi connectivity index (χ0v) is 6.44. The fourth-order valence-electron chi connectivity index (χ4n) is 0.943. The second kappa shape index (κ2) is 2.74. The van der Waals surface area contributed by atoms with Crippen molar-refractivity contribution in [2.45, 2.75) is 13.8 Å². The van der Waals surface area contributed by atoms with Crippen molar-refractivity contribution in [3.63, 3.8) is 0 Å². The molecule has 1 aromatic carbocycles. The summed E-state index contributed by atoms with van der Waals surface area (Å²) in [6, 6.07) is 6.14. The Balaban J connectivity index is 3.14. The Morgan fingerprint density at radius 2 is 2.00 bits per heavy atom. The Bertz CT molecular complexity index is 228. The molecular weight excluding hydrogens is 122 g/mol. The highest BCUT2D eigenvalue weighted by molar-refractivity contribution is 5.53. The molecule has 0 spiro atoms. The molecule has 0 saturated heterocycles. The number of anilines is 1. The van der Waals surface area contributed by atoms with Crippen LogP contribution in [-0.2, 0) is 0 Å². The van der Waals surface area contributed by atoms with Gasteiger partial charge in [-0.1, -0.05) is 12.1 Å². The Kier molecular flexibility index (Phi) is 1.95. The number of benzene rings is 1. The molecule has 0 saturated carbocycles. The molecule has 1 heteroatoms. The van der Waals surface area contributed by atoms with Crippen LogP contribution in [0.15, 0.2) is 18.2 Å². The third-order valence-corrected chi connectivity index (χ3v) is 1.80. The molecule has 53 valence electrons. The molecule has 0 bridgehead atoms. The molecule has 1 radical (unpaired) electrons. The van der Waals surface area contributed by atoms with Crippen LogP contribution in [0.2, 0.25) is 0 Å². The molecule has 0 heterocycles. The zero-order chi connectivity index (χ0) is 7.56. The topological polar surface area (TPSA) is 12.0 Å². The van der Waals surface area contributed by atoms with Gasteiger partial charge in [-0.05, 0) is 31.0 Å². The summed E-state index contributed by atoms with van der Waals surface area (Å²) in [5.74, 6) is 0. The first-order valence-electron chi connectivity index (χ1n) is 3.35. The molecule has 10 heavy (non-hydrogen) atoms. The Morgan fingerprint density at radius 1 is 1.30 bits per heavy atom. The summed E-state index contributed by atoms with van der Waals surface area (Å²) < 4.78 is 0. The molecule has 1 aromatic rings. The number of hydrogen-bond donors (Lipinski definition) is 1. The van der Waals surface area contributed by atoms with Crippen molar-refractivity contribution < 1.29 is 0 Å². The van der Waals surface area contributed by atoms with E-state index in [0.717, 1.165) is 5.69 Å². The van der Waals surface area contributed by atoms with Gasteiger partial charge < -0.3 is 5.32 Å². The molecule has 0 amide bonds. The lowest BCUT2D eigenvalue weighted by atomic mass is 10.1. The van der Waals surface area contributed by atoms with Crippen LogP contribution in [0.25, 0.3) is 0 Å². The van der Waals surface area contributed by atoms with E-state index in [0.29, 0.717) is 0 Å². The van der Waals surface area contributed by atoms with Gasteiger partial charge >= 0.3 is 0 Å². The lowest BCUT2D eigenvalue weighted by molar-refractivity contribution is 1.33. The molecule has 0 aliphatic heterocycles. The average Bonchev–Trinajstić information content (AvgIpc) is 1.95. The highest BCUT2D eigenvalue weighted by Gasteiger charge is 1.95. The molecular formula is C9H12N. The largest absolute Gasteiger partial charge is 0.383 e. The first-order chi connectivity index (χ1) is 4.75. The third-order valence-electron chi connectivity index (χ3n) is 1.80. The second-order valence-corrected chi connectivity index (χ2v) is 2.42. The minimum absolute atomic E-state index is 1.11. The molecule has 0 unspecified atom stereocenters. The van der Waals surface area contributed by atoms with Crippen LogP contribution in [0.3, 0.4) is 0 Å². The highest BCUT2D eigenvalue weighted by Crippen LogP contribution is 2.16. The van der Waals surface area contributed by atoms with E-state index in [1.54, 1.807) is 0 Å². The normalized spacial score (nSPS) is 9.50. The monoisotopic (exact) mass is 134 g/mol. The molecule has 0 atom stereocenters. The molecule has 0 aliphatic rings. The van der Waals surface area contributed by atoms with Crippen LogP contribution in [0, 0.1) is 20.9 Å². The number of nitrogens with one attached hydrogen (secondary N) is 1. The molecule has 0 aliphatic carbocycles. The highest BCUT2D eigenvalue weighted by atomic mass is 14.8. The summed E-state index contributed by atoms with van der Waals surface area (Å²) in [5.41, 5.74) is 3.69. The van der Waals surface area contributed by atoms with Gasteiger partial charge in [-0.25, -0.2) is 0 Å². The lowest BCUT2D eigenvalue weighted by Gasteiger charge is -2.05. The van der Waals surface area contributed by atoms with Crippen molar-refractivity contribution in [2.75, 3.05) is 5.32 Å². The van der Waals surface area contributed by atoms with Crippen LogP contribution in [0.4, 0.5) is 5.69 Å². The maximum absolute atomic E-state index is 3.61. The van der Waals surface area contributed by atoms with Crippen LogP contribution in [0.5, 0.6) is 0 Å².